The van der Waals surface area contributed by atoms with Crippen LogP contribution in [0, 0.1) is 6.92 Å². The highest BCUT2D eigenvalue weighted by molar-refractivity contribution is 8.00. The van der Waals surface area contributed by atoms with Gasteiger partial charge in [0.05, 0.1) is 17.0 Å². The molecule has 0 radical (unpaired) electrons. The summed E-state index contributed by atoms with van der Waals surface area (Å²) in [4.78, 5) is 12.8. The fraction of sp³-hybridized carbons (Fsp3) is 0.333. The molecule has 2 atom stereocenters. The molecule has 2 unspecified atom stereocenters. The van der Waals surface area contributed by atoms with Crippen molar-refractivity contribution in [2.24, 2.45) is 0 Å². The Balaban J connectivity index is 1.70. The van der Waals surface area contributed by atoms with Crippen molar-refractivity contribution < 1.29 is 4.79 Å². The molecule has 0 aliphatic heterocycles. The van der Waals surface area contributed by atoms with E-state index in [1.54, 1.807) is 4.68 Å². The lowest BCUT2D eigenvalue weighted by atomic mass is 10.0. The van der Waals surface area contributed by atoms with Crippen LogP contribution in [0.2, 0.25) is 0 Å². The van der Waals surface area contributed by atoms with Crippen LogP contribution in [-0.2, 0) is 4.79 Å². The van der Waals surface area contributed by atoms with Crippen LogP contribution in [0.5, 0.6) is 0 Å². The Hall–Kier alpha value is -2.67. The fourth-order valence-corrected chi connectivity index (χ4v) is 3.79. The first-order chi connectivity index (χ1) is 13.6. The van der Waals surface area contributed by atoms with Crippen molar-refractivity contribution in [1.29, 1.82) is 0 Å². The van der Waals surface area contributed by atoms with Crippen molar-refractivity contribution in [2.75, 3.05) is 0 Å². The molecule has 1 heterocycles. The Bertz CT molecular complexity index is 912. The molecule has 6 nitrogen and oxygen atoms in total. The first kappa shape index (κ1) is 20.1. The predicted octanol–water partition coefficient (Wildman–Crippen LogP) is 4.11. The molecule has 1 N–H and O–H groups in total. The maximum absolute atomic E-state index is 12.8. The van der Waals surface area contributed by atoms with E-state index >= 15 is 0 Å². The summed E-state index contributed by atoms with van der Waals surface area (Å²) in [6.45, 7) is 6.02. The zero-order chi connectivity index (χ0) is 19.9. The second-order valence-electron chi connectivity index (χ2n) is 6.73. The molecule has 1 aromatic heterocycles. The molecule has 2 aromatic carbocycles. The highest BCUT2D eigenvalue weighted by Crippen LogP contribution is 2.25. The number of hydrogen-bond donors (Lipinski definition) is 1. The van der Waals surface area contributed by atoms with Crippen LogP contribution in [-0.4, -0.2) is 31.4 Å². The van der Waals surface area contributed by atoms with E-state index < -0.39 is 0 Å². The molecule has 0 saturated carbocycles. The zero-order valence-electron chi connectivity index (χ0n) is 16.4. The van der Waals surface area contributed by atoms with Gasteiger partial charge in [-0.15, -0.1) is 5.10 Å². The minimum absolute atomic E-state index is 0.00881. The van der Waals surface area contributed by atoms with Crippen molar-refractivity contribution in [3.8, 4) is 5.69 Å². The number of carbonyl (C=O) groups is 1. The lowest BCUT2D eigenvalue weighted by Gasteiger charge is -2.21. The van der Waals surface area contributed by atoms with Gasteiger partial charge in [0.25, 0.3) is 0 Å². The van der Waals surface area contributed by atoms with E-state index in [0.29, 0.717) is 5.16 Å². The quantitative estimate of drug-likeness (QED) is 0.581. The molecule has 0 spiro atoms. The van der Waals surface area contributed by atoms with Crippen LogP contribution in [0.1, 0.15) is 43.9 Å². The van der Waals surface area contributed by atoms with E-state index in [1.807, 2.05) is 56.3 Å². The van der Waals surface area contributed by atoms with E-state index in [1.165, 1.54) is 11.8 Å². The molecule has 0 saturated heterocycles. The minimum Gasteiger partial charge on any atom is -0.348 e. The van der Waals surface area contributed by atoms with Crippen LogP contribution >= 0.6 is 11.8 Å². The smallest absolute Gasteiger partial charge is 0.233 e. The topological polar surface area (TPSA) is 72.7 Å². The molecule has 7 heteroatoms. The molecule has 0 aliphatic carbocycles. The summed E-state index contributed by atoms with van der Waals surface area (Å²) in [7, 11) is 0. The lowest BCUT2D eigenvalue weighted by molar-refractivity contribution is -0.121. The summed E-state index contributed by atoms with van der Waals surface area (Å²) in [5.74, 6) is -0.0221. The molecule has 28 heavy (non-hydrogen) atoms. The molecular formula is C21H25N5OS. The summed E-state index contributed by atoms with van der Waals surface area (Å²) >= 11 is 1.36. The highest BCUT2D eigenvalue weighted by atomic mass is 32.2. The van der Waals surface area contributed by atoms with Crippen LogP contribution in [0.25, 0.3) is 5.69 Å². The van der Waals surface area contributed by atoms with Gasteiger partial charge >= 0.3 is 0 Å². The maximum Gasteiger partial charge on any atom is 0.233 e. The number of hydrogen-bond acceptors (Lipinski definition) is 5. The molecule has 0 aliphatic rings. The molecular weight excluding hydrogens is 370 g/mol. The SMILES string of the molecule is CCCC(NC(=O)C(C)Sc1nnnn1-c1cccc(C)c1)c1ccccc1. The molecule has 0 fully saturated rings. The number of aryl methyl sites for hydroxylation is 1. The Labute approximate surface area is 169 Å². The Morgan fingerprint density at radius 3 is 2.68 bits per heavy atom. The number of tetrazole rings is 1. The number of rotatable bonds is 8. The number of nitrogens with one attached hydrogen (secondary N) is 1. The molecule has 1 amide bonds. The Kier molecular flexibility index (Phi) is 6.81. The summed E-state index contributed by atoms with van der Waals surface area (Å²) in [5, 5.41) is 15.4. The zero-order valence-corrected chi connectivity index (χ0v) is 17.2. The minimum atomic E-state index is -0.322. The predicted molar refractivity (Wildman–Crippen MR) is 111 cm³/mol. The molecule has 146 valence electrons. The van der Waals surface area contributed by atoms with Gasteiger partial charge in [0.1, 0.15) is 0 Å². The monoisotopic (exact) mass is 395 g/mol. The largest absolute Gasteiger partial charge is 0.348 e. The third kappa shape index (κ3) is 4.98. The van der Waals surface area contributed by atoms with E-state index in [4.69, 9.17) is 0 Å². The summed E-state index contributed by atoms with van der Waals surface area (Å²) < 4.78 is 1.67. The molecule has 0 bridgehead atoms. The van der Waals surface area contributed by atoms with Gasteiger partial charge in [-0.3, -0.25) is 4.79 Å². The van der Waals surface area contributed by atoms with Crippen molar-refractivity contribution >= 4 is 17.7 Å². The van der Waals surface area contributed by atoms with E-state index in [0.717, 1.165) is 29.7 Å². The summed E-state index contributed by atoms with van der Waals surface area (Å²) in [5.41, 5.74) is 3.13. The van der Waals surface area contributed by atoms with Gasteiger partial charge in [-0.1, -0.05) is 67.6 Å². The first-order valence-corrected chi connectivity index (χ1v) is 10.3. The van der Waals surface area contributed by atoms with Gasteiger partial charge in [-0.25, -0.2) is 0 Å². The number of carbonyl (C=O) groups excluding carboxylic acids is 1. The highest BCUT2D eigenvalue weighted by Gasteiger charge is 2.22. The average Bonchev–Trinajstić information content (AvgIpc) is 3.16. The second kappa shape index (κ2) is 9.50. The standard InChI is InChI=1S/C21H25N5OS/c1-4-9-19(17-11-6-5-7-12-17)22-20(27)16(3)28-21-23-24-25-26(21)18-13-8-10-15(2)14-18/h5-8,10-14,16,19H,4,9H2,1-3H3,(H,22,27). The average molecular weight is 396 g/mol. The number of amides is 1. The number of thioether (sulfide) groups is 1. The van der Waals surface area contributed by atoms with Crippen molar-refractivity contribution in [3.63, 3.8) is 0 Å². The van der Waals surface area contributed by atoms with Gasteiger partial charge in [-0.05, 0) is 54.0 Å². The van der Waals surface area contributed by atoms with Crippen LogP contribution in [0.4, 0.5) is 0 Å². The molecule has 3 aromatic rings. The summed E-state index contributed by atoms with van der Waals surface area (Å²) in [6.07, 6.45) is 1.89. The van der Waals surface area contributed by atoms with Crippen LogP contribution in [0.15, 0.2) is 59.8 Å². The number of aromatic nitrogens is 4. The van der Waals surface area contributed by atoms with Gasteiger partial charge in [0, 0.05) is 0 Å². The first-order valence-electron chi connectivity index (χ1n) is 9.46. The van der Waals surface area contributed by atoms with Crippen LogP contribution in [0.3, 0.4) is 0 Å². The third-order valence-electron chi connectivity index (χ3n) is 4.43. The number of nitrogens with zero attached hydrogens (tertiary/aromatic N) is 4. The Morgan fingerprint density at radius 1 is 1.18 bits per heavy atom. The Morgan fingerprint density at radius 2 is 1.96 bits per heavy atom. The van der Waals surface area contributed by atoms with Gasteiger partial charge in [-0.2, -0.15) is 4.68 Å². The van der Waals surface area contributed by atoms with Crippen LogP contribution < -0.4 is 5.32 Å². The van der Waals surface area contributed by atoms with Gasteiger partial charge < -0.3 is 5.32 Å². The third-order valence-corrected chi connectivity index (χ3v) is 5.47. The van der Waals surface area contributed by atoms with Gasteiger partial charge in [0.15, 0.2) is 0 Å². The normalized spacial score (nSPS) is 13.1. The maximum atomic E-state index is 12.8. The lowest BCUT2D eigenvalue weighted by Crippen LogP contribution is -2.34. The van der Waals surface area contributed by atoms with Crippen molar-refractivity contribution in [2.45, 2.75) is 50.1 Å². The van der Waals surface area contributed by atoms with Gasteiger partial charge in [0.2, 0.25) is 11.1 Å². The second-order valence-corrected chi connectivity index (χ2v) is 8.04. The van der Waals surface area contributed by atoms with E-state index in [-0.39, 0.29) is 17.2 Å². The number of benzene rings is 2. The van der Waals surface area contributed by atoms with E-state index in [2.05, 4.69) is 39.9 Å². The summed E-state index contributed by atoms with van der Waals surface area (Å²) in [6, 6.07) is 18.0. The fourth-order valence-electron chi connectivity index (χ4n) is 2.97. The molecule has 3 rings (SSSR count). The van der Waals surface area contributed by atoms with Crippen molar-refractivity contribution in [3.05, 3.63) is 65.7 Å². The van der Waals surface area contributed by atoms with E-state index in [9.17, 15) is 4.79 Å². The van der Waals surface area contributed by atoms with Crippen molar-refractivity contribution in [1.82, 2.24) is 25.5 Å².